The lowest BCUT2D eigenvalue weighted by atomic mass is 10.1. The first-order valence-corrected chi connectivity index (χ1v) is 7.21. The number of hydrogen-bond acceptors (Lipinski definition) is 3. The molecule has 0 amide bonds. The van der Waals surface area contributed by atoms with E-state index in [0.717, 1.165) is 23.6 Å². The maximum atomic E-state index is 4.47. The number of thiol groups is 1. The SMILES string of the molecule is CCCC(CS)CN1CC(C)C(N(C)C)C1. The van der Waals surface area contributed by atoms with E-state index in [0.29, 0.717) is 0 Å². The third-order valence-corrected chi connectivity index (χ3v) is 4.30. The summed E-state index contributed by atoms with van der Waals surface area (Å²) in [6.45, 7) is 8.39. The Morgan fingerprint density at radius 2 is 2.06 bits per heavy atom. The van der Waals surface area contributed by atoms with E-state index in [2.05, 4.69) is 50.4 Å². The molecular weight excluding hydrogens is 216 g/mol. The van der Waals surface area contributed by atoms with Gasteiger partial charge in [-0.05, 0) is 38.1 Å². The molecule has 2 nitrogen and oxygen atoms in total. The molecule has 3 heteroatoms. The molecule has 0 N–H and O–H groups in total. The number of hydrogen-bond donors (Lipinski definition) is 1. The van der Waals surface area contributed by atoms with Crippen molar-refractivity contribution in [1.29, 1.82) is 0 Å². The summed E-state index contributed by atoms with van der Waals surface area (Å²) in [5, 5.41) is 0. The molecule has 0 aromatic rings. The molecule has 0 saturated carbocycles. The van der Waals surface area contributed by atoms with Crippen LogP contribution in [0.2, 0.25) is 0 Å². The summed E-state index contributed by atoms with van der Waals surface area (Å²) in [5.74, 6) is 2.62. The van der Waals surface area contributed by atoms with Crippen LogP contribution in [0.5, 0.6) is 0 Å². The van der Waals surface area contributed by atoms with E-state index in [9.17, 15) is 0 Å². The van der Waals surface area contributed by atoms with Crippen molar-refractivity contribution < 1.29 is 0 Å². The van der Waals surface area contributed by atoms with Gasteiger partial charge >= 0.3 is 0 Å². The topological polar surface area (TPSA) is 6.48 Å². The van der Waals surface area contributed by atoms with Crippen LogP contribution in [0.3, 0.4) is 0 Å². The van der Waals surface area contributed by atoms with Crippen molar-refractivity contribution in [3.63, 3.8) is 0 Å². The Morgan fingerprint density at radius 1 is 1.38 bits per heavy atom. The fraction of sp³-hybridized carbons (Fsp3) is 1.00. The highest BCUT2D eigenvalue weighted by molar-refractivity contribution is 7.80. The Morgan fingerprint density at radius 3 is 2.50 bits per heavy atom. The average Bonchev–Trinajstić information content (AvgIpc) is 2.59. The minimum Gasteiger partial charge on any atom is -0.305 e. The quantitative estimate of drug-likeness (QED) is 0.716. The molecule has 1 saturated heterocycles. The van der Waals surface area contributed by atoms with Crippen molar-refractivity contribution in [2.75, 3.05) is 39.5 Å². The van der Waals surface area contributed by atoms with E-state index in [1.54, 1.807) is 0 Å². The van der Waals surface area contributed by atoms with Crippen LogP contribution in [-0.4, -0.2) is 55.3 Å². The van der Waals surface area contributed by atoms with Gasteiger partial charge in [-0.2, -0.15) is 12.6 Å². The summed E-state index contributed by atoms with van der Waals surface area (Å²) >= 11 is 4.47. The Kier molecular flexibility index (Phi) is 6.16. The molecule has 16 heavy (non-hydrogen) atoms. The van der Waals surface area contributed by atoms with Crippen LogP contribution in [0.15, 0.2) is 0 Å². The Bertz CT molecular complexity index is 196. The summed E-state index contributed by atoms with van der Waals surface area (Å²) in [5.41, 5.74) is 0. The van der Waals surface area contributed by atoms with Crippen molar-refractivity contribution in [1.82, 2.24) is 9.80 Å². The van der Waals surface area contributed by atoms with Crippen molar-refractivity contribution >= 4 is 12.6 Å². The van der Waals surface area contributed by atoms with Crippen LogP contribution in [-0.2, 0) is 0 Å². The number of rotatable bonds is 6. The molecular formula is C13H28N2S. The number of likely N-dealkylation sites (tertiary alicyclic amines) is 1. The van der Waals surface area contributed by atoms with Crippen LogP contribution in [0.4, 0.5) is 0 Å². The number of likely N-dealkylation sites (N-methyl/N-ethyl adjacent to an activating group) is 1. The fourth-order valence-corrected chi connectivity index (χ4v) is 3.18. The highest BCUT2D eigenvalue weighted by Crippen LogP contribution is 2.22. The molecule has 0 aromatic carbocycles. The van der Waals surface area contributed by atoms with E-state index < -0.39 is 0 Å². The van der Waals surface area contributed by atoms with Gasteiger partial charge in [0.1, 0.15) is 0 Å². The zero-order valence-electron chi connectivity index (χ0n) is 11.3. The van der Waals surface area contributed by atoms with Gasteiger partial charge in [-0.15, -0.1) is 0 Å². The fourth-order valence-electron chi connectivity index (χ4n) is 2.88. The van der Waals surface area contributed by atoms with Gasteiger partial charge in [0.2, 0.25) is 0 Å². The molecule has 0 aliphatic carbocycles. The molecule has 1 heterocycles. The molecule has 1 aliphatic heterocycles. The predicted molar refractivity (Wildman–Crippen MR) is 75.3 cm³/mol. The molecule has 0 spiro atoms. The number of nitrogens with zero attached hydrogens (tertiary/aromatic N) is 2. The molecule has 1 aliphatic rings. The zero-order chi connectivity index (χ0) is 12.1. The first kappa shape index (κ1) is 14.3. The zero-order valence-corrected chi connectivity index (χ0v) is 12.2. The second-order valence-corrected chi connectivity index (χ2v) is 5.93. The van der Waals surface area contributed by atoms with Gasteiger partial charge in [0.15, 0.2) is 0 Å². The van der Waals surface area contributed by atoms with Crippen LogP contribution >= 0.6 is 12.6 Å². The molecule has 3 atom stereocenters. The van der Waals surface area contributed by atoms with Crippen LogP contribution < -0.4 is 0 Å². The summed E-state index contributed by atoms with van der Waals surface area (Å²) < 4.78 is 0. The monoisotopic (exact) mass is 244 g/mol. The van der Waals surface area contributed by atoms with Gasteiger partial charge in [0.05, 0.1) is 0 Å². The van der Waals surface area contributed by atoms with Gasteiger partial charge in [0.25, 0.3) is 0 Å². The van der Waals surface area contributed by atoms with Crippen molar-refractivity contribution in [3.05, 3.63) is 0 Å². The van der Waals surface area contributed by atoms with Crippen molar-refractivity contribution in [2.24, 2.45) is 11.8 Å². The molecule has 96 valence electrons. The second kappa shape index (κ2) is 6.87. The minimum atomic E-state index is 0.738. The smallest absolute Gasteiger partial charge is 0.0254 e. The van der Waals surface area contributed by atoms with Crippen molar-refractivity contribution in [3.8, 4) is 0 Å². The molecule has 0 radical (unpaired) electrons. The molecule has 1 fully saturated rings. The third kappa shape index (κ3) is 3.94. The maximum Gasteiger partial charge on any atom is 0.0254 e. The summed E-state index contributed by atoms with van der Waals surface area (Å²) in [4.78, 5) is 5.01. The largest absolute Gasteiger partial charge is 0.305 e. The van der Waals surface area contributed by atoms with E-state index >= 15 is 0 Å². The molecule has 3 unspecified atom stereocenters. The minimum absolute atomic E-state index is 0.738. The van der Waals surface area contributed by atoms with Gasteiger partial charge in [-0.1, -0.05) is 20.3 Å². The van der Waals surface area contributed by atoms with Gasteiger partial charge in [-0.3, -0.25) is 0 Å². The van der Waals surface area contributed by atoms with Crippen LogP contribution in [0.1, 0.15) is 26.7 Å². The standard InChI is InChI=1S/C13H28N2S/c1-5-6-12(10-16)8-15-7-11(2)13(9-15)14(3)4/h11-13,16H,5-10H2,1-4H3. The maximum absolute atomic E-state index is 4.47. The van der Waals surface area contributed by atoms with E-state index in [4.69, 9.17) is 0 Å². The normalized spacial score (nSPS) is 28.9. The van der Waals surface area contributed by atoms with Gasteiger partial charge in [-0.25, -0.2) is 0 Å². The molecule has 0 aromatic heterocycles. The summed E-state index contributed by atoms with van der Waals surface area (Å²) in [6, 6.07) is 0.738. The highest BCUT2D eigenvalue weighted by atomic mass is 32.1. The lowest BCUT2D eigenvalue weighted by molar-refractivity contribution is 0.239. The molecule has 1 rings (SSSR count). The van der Waals surface area contributed by atoms with Gasteiger partial charge < -0.3 is 9.80 Å². The summed E-state index contributed by atoms with van der Waals surface area (Å²) in [6.07, 6.45) is 2.60. The predicted octanol–water partition coefficient (Wildman–Crippen LogP) is 2.21. The van der Waals surface area contributed by atoms with E-state index in [1.165, 1.54) is 32.5 Å². The first-order valence-electron chi connectivity index (χ1n) is 6.58. The highest BCUT2D eigenvalue weighted by Gasteiger charge is 2.31. The third-order valence-electron chi connectivity index (χ3n) is 3.78. The lowest BCUT2D eigenvalue weighted by Gasteiger charge is -2.24. The van der Waals surface area contributed by atoms with Crippen molar-refractivity contribution in [2.45, 2.75) is 32.7 Å². The Balaban J connectivity index is 2.39. The van der Waals surface area contributed by atoms with Crippen LogP contribution in [0, 0.1) is 11.8 Å². The second-order valence-electron chi connectivity index (χ2n) is 5.56. The van der Waals surface area contributed by atoms with Gasteiger partial charge in [0, 0.05) is 25.7 Å². The Hall–Kier alpha value is 0.270. The lowest BCUT2D eigenvalue weighted by Crippen LogP contribution is -2.35. The van der Waals surface area contributed by atoms with E-state index in [-0.39, 0.29) is 0 Å². The van der Waals surface area contributed by atoms with Crippen LogP contribution in [0.25, 0.3) is 0 Å². The molecule has 0 bridgehead atoms. The van der Waals surface area contributed by atoms with E-state index in [1.807, 2.05) is 0 Å². The Labute approximate surface area is 107 Å². The first-order chi connectivity index (χ1) is 7.58. The average molecular weight is 244 g/mol. The summed E-state index contributed by atoms with van der Waals surface area (Å²) in [7, 11) is 4.40.